The van der Waals surface area contributed by atoms with Crippen molar-refractivity contribution < 1.29 is 18.8 Å². The van der Waals surface area contributed by atoms with Gasteiger partial charge in [-0.3, -0.25) is 19.7 Å². The van der Waals surface area contributed by atoms with Gasteiger partial charge in [-0.1, -0.05) is 5.16 Å². The smallest absolute Gasteiger partial charge is 0.259 e. The highest BCUT2D eigenvalue weighted by Crippen LogP contribution is 2.32. The Balaban J connectivity index is 1.56. The zero-order valence-electron chi connectivity index (χ0n) is 19.7. The summed E-state index contributed by atoms with van der Waals surface area (Å²) >= 11 is 0. The van der Waals surface area contributed by atoms with Gasteiger partial charge in [0.25, 0.3) is 17.5 Å². The van der Waals surface area contributed by atoms with Gasteiger partial charge in [-0.2, -0.15) is 0 Å². The first kappa shape index (κ1) is 22.8. The summed E-state index contributed by atoms with van der Waals surface area (Å²) < 4.78 is 16.0. The van der Waals surface area contributed by atoms with E-state index in [9.17, 15) is 4.79 Å². The minimum absolute atomic E-state index is 0.149. The summed E-state index contributed by atoms with van der Waals surface area (Å²) in [5.41, 5.74) is 4.15. The van der Waals surface area contributed by atoms with Crippen LogP contribution >= 0.6 is 0 Å². The first-order valence-electron chi connectivity index (χ1n) is 10.9. The molecule has 0 spiro atoms. The Morgan fingerprint density at radius 1 is 1.00 bits per heavy atom. The normalized spacial score (nSPS) is 10.9. The number of amides is 1. The van der Waals surface area contributed by atoms with E-state index >= 15 is 0 Å². The summed E-state index contributed by atoms with van der Waals surface area (Å²) in [6.07, 6.45) is 8.06. The van der Waals surface area contributed by atoms with E-state index in [1.54, 1.807) is 49.2 Å². The minimum atomic E-state index is -0.366. The summed E-state index contributed by atoms with van der Waals surface area (Å²) in [5, 5.41) is 7.48. The molecule has 0 aliphatic rings. The third kappa shape index (κ3) is 4.41. The van der Waals surface area contributed by atoms with Crippen LogP contribution in [0.4, 0.5) is 0 Å². The van der Waals surface area contributed by atoms with Crippen LogP contribution in [0.3, 0.4) is 0 Å². The molecule has 0 radical (unpaired) electrons. The van der Waals surface area contributed by atoms with Crippen molar-refractivity contribution in [2.24, 2.45) is 0 Å². The second kappa shape index (κ2) is 9.74. The summed E-state index contributed by atoms with van der Waals surface area (Å²) in [6, 6.07) is 7.09. The van der Waals surface area contributed by atoms with Gasteiger partial charge in [0.15, 0.2) is 5.75 Å². The van der Waals surface area contributed by atoms with Crippen LogP contribution in [-0.4, -0.2) is 50.2 Å². The maximum absolute atomic E-state index is 13.5. The van der Waals surface area contributed by atoms with Crippen LogP contribution in [0.25, 0.3) is 33.7 Å². The van der Waals surface area contributed by atoms with E-state index in [4.69, 9.17) is 14.0 Å². The molecule has 0 saturated carbocycles. The lowest BCUT2D eigenvalue weighted by Gasteiger charge is -2.11. The zero-order chi connectivity index (χ0) is 25.1. The number of fused-ring (bicyclic) bond motifs is 1. The number of pyridine rings is 3. The molecule has 5 heterocycles. The van der Waals surface area contributed by atoms with Crippen LogP contribution in [0.2, 0.25) is 0 Å². The number of hydrogen-bond donors (Lipinski definition) is 1. The Morgan fingerprint density at radius 2 is 1.89 bits per heavy atom. The van der Waals surface area contributed by atoms with Crippen molar-refractivity contribution in [1.82, 2.24) is 35.4 Å². The van der Waals surface area contributed by atoms with Gasteiger partial charge in [-0.15, -0.1) is 0 Å². The van der Waals surface area contributed by atoms with Gasteiger partial charge in [0.1, 0.15) is 11.4 Å². The Labute approximate surface area is 205 Å². The van der Waals surface area contributed by atoms with Crippen molar-refractivity contribution >= 4 is 17.0 Å². The molecule has 0 aromatic carbocycles. The van der Waals surface area contributed by atoms with Crippen LogP contribution in [-0.2, 0) is 6.54 Å². The van der Waals surface area contributed by atoms with Crippen molar-refractivity contribution in [1.29, 1.82) is 0 Å². The third-order valence-electron chi connectivity index (χ3n) is 5.39. The van der Waals surface area contributed by atoms with Gasteiger partial charge in [0.2, 0.25) is 0 Å². The van der Waals surface area contributed by atoms with E-state index in [1.165, 1.54) is 14.2 Å². The fourth-order valence-corrected chi connectivity index (χ4v) is 3.70. The van der Waals surface area contributed by atoms with E-state index in [1.807, 2.05) is 13.0 Å². The van der Waals surface area contributed by atoms with Gasteiger partial charge < -0.3 is 19.3 Å². The molecule has 11 heteroatoms. The molecule has 0 atom stereocenters. The Kier molecular flexibility index (Phi) is 6.18. The first-order valence-corrected chi connectivity index (χ1v) is 10.9. The molecule has 0 aliphatic heterocycles. The topological polar surface area (TPSA) is 138 Å². The highest BCUT2D eigenvalue weighted by atomic mass is 16.5. The lowest BCUT2D eigenvalue weighted by atomic mass is 10.0. The number of hydrogen-bond acceptors (Lipinski definition) is 10. The number of carbonyl (C=O) groups excluding carboxylic acids is 1. The molecular formula is C25H21N7O4. The molecule has 36 heavy (non-hydrogen) atoms. The van der Waals surface area contributed by atoms with E-state index < -0.39 is 0 Å². The average Bonchev–Trinajstić information content (AvgIpc) is 3.35. The average molecular weight is 483 g/mol. The van der Waals surface area contributed by atoms with Crippen LogP contribution < -0.4 is 14.8 Å². The van der Waals surface area contributed by atoms with Crippen molar-refractivity contribution in [3.8, 4) is 34.3 Å². The highest BCUT2D eigenvalue weighted by molar-refractivity contribution is 6.10. The van der Waals surface area contributed by atoms with Gasteiger partial charge in [0, 0.05) is 30.4 Å². The maximum Gasteiger partial charge on any atom is 0.259 e. The first-order chi connectivity index (χ1) is 17.6. The summed E-state index contributed by atoms with van der Waals surface area (Å²) in [6.45, 7) is 2.08. The number of nitrogens with one attached hydrogen (secondary N) is 1. The highest BCUT2D eigenvalue weighted by Gasteiger charge is 2.23. The number of nitrogens with zero attached hydrogens (tertiary/aromatic N) is 6. The van der Waals surface area contributed by atoms with Gasteiger partial charge in [-0.25, -0.2) is 9.97 Å². The number of aromatic nitrogens is 6. The van der Waals surface area contributed by atoms with Crippen molar-refractivity contribution in [2.45, 2.75) is 13.5 Å². The largest absolute Gasteiger partial charge is 0.491 e. The lowest BCUT2D eigenvalue weighted by Crippen LogP contribution is -2.24. The quantitative estimate of drug-likeness (QED) is 0.366. The van der Waals surface area contributed by atoms with Crippen molar-refractivity contribution in [3.05, 3.63) is 72.1 Å². The van der Waals surface area contributed by atoms with Gasteiger partial charge >= 0.3 is 0 Å². The Morgan fingerprint density at radius 3 is 2.64 bits per heavy atom. The SMILES string of the molecule is COc1ccc(CNC(=O)c2cc(-c3cncc(C)c3)nc3onc(-c4cnccn4)c23)nc1OC. The molecule has 1 N–H and O–H groups in total. The van der Waals surface area contributed by atoms with Gasteiger partial charge in [0.05, 0.1) is 49.3 Å². The van der Waals surface area contributed by atoms with Crippen LogP contribution in [0, 0.1) is 6.92 Å². The molecule has 5 rings (SSSR count). The monoisotopic (exact) mass is 483 g/mol. The molecule has 0 bridgehead atoms. The van der Waals surface area contributed by atoms with Gasteiger partial charge in [-0.05, 0) is 36.8 Å². The summed E-state index contributed by atoms with van der Waals surface area (Å²) in [5.74, 6) is 0.459. The molecule has 1 amide bonds. The van der Waals surface area contributed by atoms with Crippen molar-refractivity contribution in [2.75, 3.05) is 14.2 Å². The van der Waals surface area contributed by atoms with E-state index in [-0.39, 0.29) is 18.2 Å². The standard InChI is InChI=1S/C25H21N7O4/c1-14-8-15(11-27-10-14)18-9-17(21-22(32-36-25(21)31-18)19-13-26-6-7-28-19)23(33)29-12-16-4-5-20(34-2)24(30-16)35-3/h4-11,13H,12H2,1-3H3,(H,29,33). The molecule has 0 unspecified atom stereocenters. The fraction of sp³-hybridized carbons (Fsp3) is 0.160. The molecule has 0 saturated heterocycles. The van der Waals surface area contributed by atoms with E-state index in [0.717, 1.165) is 11.1 Å². The Hall–Kier alpha value is -4.93. The lowest BCUT2D eigenvalue weighted by molar-refractivity contribution is 0.0952. The van der Waals surface area contributed by atoms with E-state index in [2.05, 4.69) is 35.4 Å². The predicted octanol–water partition coefficient (Wildman–Crippen LogP) is 3.39. The zero-order valence-corrected chi connectivity index (χ0v) is 19.7. The number of aryl methyl sites for hydroxylation is 1. The van der Waals surface area contributed by atoms with E-state index in [0.29, 0.717) is 45.4 Å². The molecule has 5 aromatic heterocycles. The third-order valence-corrected chi connectivity index (χ3v) is 5.39. The summed E-state index contributed by atoms with van der Waals surface area (Å²) in [7, 11) is 3.03. The second-order valence-corrected chi connectivity index (χ2v) is 7.80. The minimum Gasteiger partial charge on any atom is -0.491 e. The number of rotatable bonds is 7. The second-order valence-electron chi connectivity index (χ2n) is 7.80. The molecular weight excluding hydrogens is 462 g/mol. The number of ether oxygens (including phenoxy) is 2. The maximum atomic E-state index is 13.5. The molecule has 11 nitrogen and oxygen atoms in total. The van der Waals surface area contributed by atoms with Crippen LogP contribution in [0.5, 0.6) is 11.6 Å². The predicted molar refractivity (Wildman–Crippen MR) is 129 cm³/mol. The molecule has 0 aliphatic carbocycles. The van der Waals surface area contributed by atoms with Crippen LogP contribution in [0.15, 0.2) is 59.8 Å². The molecule has 0 fully saturated rings. The Bertz CT molecular complexity index is 1550. The molecule has 180 valence electrons. The number of methoxy groups -OCH3 is 2. The fourth-order valence-electron chi connectivity index (χ4n) is 3.70. The molecule has 5 aromatic rings. The number of carbonyl (C=O) groups is 1. The summed E-state index contributed by atoms with van der Waals surface area (Å²) in [4.78, 5) is 35.1. The van der Waals surface area contributed by atoms with Crippen molar-refractivity contribution in [3.63, 3.8) is 0 Å². The van der Waals surface area contributed by atoms with Crippen LogP contribution in [0.1, 0.15) is 21.6 Å².